The molecule has 142 valence electrons. The largest absolute Gasteiger partial charge is 0.476 e. The van der Waals surface area contributed by atoms with Gasteiger partial charge in [-0.05, 0) is 6.42 Å². The van der Waals surface area contributed by atoms with Gasteiger partial charge in [0.25, 0.3) is 0 Å². The van der Waals surface area contributed by atoms with E-state index in [9.17, 15) is 9.59 Å². The van der Waals surface area contributed by atoms with Crippen LogP contribution in [0.5, 0.6) is 0 Å². The van der Waals surface area contributed by atoms with E-state index in [1.54, 1.807) is 0 Å². The normalized spacial score (nSPS) is 10.9. The first-order valence-electron chi connectivity index (χ1n) is 9.87. The van der Waals surface area contributed by atoms with E-state index in [-0.39, 0.29) is 11.5 Å². The van der Waals surface area contributed by atoms with Crippen molar-refractivity contribution in [2.24, 2.45) is 0 Å². The molecule has 1 heterocycles. The van der Waals surface area contributed by atoms with Crippen LogP contribution in [0.3, 0.4) is 0 Å². The van der Waals surface area contributed by atoms with Crippen molar-refractivity contribution in [1.82, 2.24) is 4.98 Å². The van der Waals surface area contributed by atoms with E-state index in [0.29, 0.717) is 11.4 Å². The standard InChI is InChI=1S/C20H33NO3S/c1-2-3-4-5-6-7-8-9-10-11-12-13-14-15-18(22)19-21-17(16-25-19)20(23)24/h16H,2-15H2,1H3,(H,23,24). The zero-order valence-electron chi connectivity index (χ0n) is 15.6. The van der Waals surface area contributed by atoms with Crippen LogP contribution in [0, 0.1) is 0 Å². The van der Waals surface area contributed by atoms with Crippen molar-refractivity contribution in [2.75, 3.05) is 0 Å². The number of aromatic carboxylic acids is 1. The molecule has 0 spiro atoms. The van der Waals surface area contributed by atoms with Crippen LogP contribution in [0.15, 0.2) is 5.38 Å². The van der Waals surface area contributed by atoms with Crippen molar-refractivity contribution in [1.29, 1.82) is 0 Å². The maximum Gasteiger partial charge on any atom is 0.355 e. The maximum atomic E-state index is 11.9. The van der Waals surface area contributed by atoms with E-state index in [1.165, 1.54) is 76.0 Å². The molecule has 1 N–H and O–H groups in total. The Balaban J connectivity index is 1.91. The molecule has 0 radical (unpaired) electrons. The molecule has 0 bridgehead atoms. The smallest absolute Gasteiger partial charge is 0.355 e. The number of carboxylic acid groups (broad SMARTS) is 1. The summed E-state index contributed by atoms with van der Waals surface area (Å²) in [5, 5.41) is 10.6. The third-order valence-electron chi connectivity index (χ3n) is 4.47. The molecule has 0 saturated carbocycles. The molecule has 0 aliphatic rings. The summed E-state index contributed by atoms with van der Waals surface area (Å²) in [5.74, 6) is -1.10. The summed E-state index contributed by atoms with van der Waals surface area (Å²) in [7, 11) is 0. The molecule has 1 rings (SSSR count). The number of nitrogens with zero attached hydrogens (tertiary/aromatic N) is 1. The lowest BCUT2D eigenvalue weighted by Crippen LogP contribution is -2.01. The Bertz CT molecular complexity index is 499. The number of carboxylic acids is 1. The van der Waals surface area contributed by atoms with Crippen molar-refractivity contribution >= 4 is 23.1 Å². The molecule has 0 aliphatic heterocycles. The molecule has 5 heteroatoms. The van der Waals surface area contributed by atoms with Crippen LogP contribution in [0.2, 0.25) is 0 Å². The predicted octanol–water partition coefficient (Wildman–Crippen LogP) is 6.51. The van der Waals surface area contributed by atoms with E-state index < -0.39 is 5.97 Å². The van der Waals surface area contributed by atoms with E-state index >= 15 is 0 Å². The van der Waals surface area contributed by atoms with Crippen LogP contribution in [-0.4, -0.2) is 21.8 Å². The van der Waals surface area contributed by atoms with Crippen molar-refractivity contribution in [3.63, 3.8) is 0 Å². The number of unbranched alkanes of at least 4 members (excludes halogenated alkanes) is 12. The summed E-state index contributed by atoms with van der Waals surface area (Å²) in [6.45, 7) is 2.25. The molecular formula is C20H33NO3S. The topological polar surface area (TPSA) is 67.3 Å². The number of carbonyl (C=O) groups excluding carboxylic acids is 1. The van der Waals surface area contributed by atoms with Crippen LogP contribution < -0.4 is 0 Å². The van der Waals surface area contributed by atoms with Crippen molar-refractivity contribution in [3.8, 4) is 0 Å². The molecule has 0 atom stereocenters. The molecule has 0 fully saturated rings. The molecule has 4 nitrogen and oxygen atoms in total. The fourth-order valence-corrected chi connectivity index (χ4v) is 3.67. The Hall–Kier alpha value is -1.23. The fourth-order valence-electron chi connectivity index (χ4n) is 2.91. The average molecular weight is 368 g/mol. The van der Waals surface area contributed by atoms with Crippen LogP contribution in [0.25, 0.3) is 0 Å². The quantitative estimate of drug-likeness (QED) is 0.267. The Morgan fingerprint density at radius 1 is 0.880 bits per heavy atom. The maximum absolute atomic E-state index is 11.9. The van der Waals surface area contributed by atoms with Crippen molar-refractivity contribution in [3.05, 3.63) is 16.1 Å². The van der Waals surface area contributed by atoms with E-state index in [2.05, 4.69) is 11.9 Å². The summed E-state index contributed by atoms with van der Waals surface area (Å²) >= 11 is 1.13. The predicted molar refractivity (Wildman–Crippen MR) is 104 cm³/mol. The summed E-state index contributed by atoms with van der Waals surface area (Å²) < 4.78 is 0. The lowest BCUT2D eigenvalue weighted by molar-refractivity contribution is 0.0691. The second-order valence-electron chi connectivity index (χ2n) is 6.76. The number of aromatic nitrogens is 1. The van der Waals surface area contributed by atoms with E-state index in [4.69, 9.17) is 5.11 Å². The van der Waals surface area contributed by atoms with Gasteiger partial charge >= 0.3 is 5.97 Å². The number of carbonyl (C=O) groups is 2. The van der Waals surface area contributed by atoms with Crippen molar-refractivity contribution < 1.29 is 14.7 Å². The number of thiazole rings is 1. The average Bonchev–Trinajstić information content (AvgIpc) is 3.09. The van der Waals surface area contributed by atoms with Gasteiger partial charge in [-0.25, -0.2) is 9.78 Å². The highest BCUT2D eigenvalue weighted by Gasteiger charge is 2.14. The molecular weight excluding hydrogens is 334 g/mol. The van der Waals surface area contributed by atoms with Gasteiger partial charge in [0.15, 0.2) is 16.5 Å². The second kappa shape index (κ2) is 14.0. The van der Waals surface area contributed by atoms with Gasteiger partial charge in [-0.2, -0.15) is 0 Å². The lowest BCUT2D eigenvalue weighted by atomic mass is 10.0. The van der Waals surface area contributed by atoms with Crippen LogP contribution in [0.4, 0.5) is 0 Å². The van der Waals surface area contributed by atoms with Crippen molar-refractivity contribution in [2.45, 2.75) is 96.8 Å². The summed E-state index contributed by atoms with van der Waals surface area (Å²) in [4.78, 5) is 26.6. The molecule has 0 saturated heterocycles. The molecule has 0 aromatic carbocycles. The Labute approximate surface area is 156 Å². The third-order valence-corrected chi connectivity index (χ3v) is 5.35. The van der Waals surface area contributed by atoms with Gasteiger partial charge in [0.1, 0.15) is 0 Å². The summed E-state index contributed by atoms with van der Waals surface area (Å²) in [6.07, 6.45) is 17.1. The minimum absolute atomic E-state index is 0.0272. The molecule has 25 heavy (non-hydrogen) atoms. The van der Waals surface area contributed by atoms with Gasteiger partial charge < -0.3 is 5.11 Å². The molecule has 1 aromatic rings. The molecule has 0 amide bonds. The highest BCUT2D eigenvalue weighted by Crippen LogP contribution is 2.16. The molecule has 1 aromatic heterocycles. The molecule has 0 unspecified atom stereocenters. The minimum Gasteiger partial charge on any atom is -0.476 e. The number of hydrogen-bond acceptors (Lipinski definition) is 4. The van der Waals surface area contributed by atoms with Crippen LogP contribution >= 0.6 is 11.3 Å². The monoisotopic (exact) mass is 367 g/mol. The number of Topliss-reactive ketones (excluding diaryl/α,β-unsaturated/α-hetero) is 1. The Morgan fingerprint density at radius 3 is 1.80 bits per heavy atom. The van der Waals surface area contributed by atoms with Gasteiger partial charge in [0.2, 0.25) is 0 Å². The zero-order chi connectivity index (χ0) is 18.3. The highest BCUT2D eigenvalue weighted by atomic mass is 32.1. The Kier molecular flexibility index (Phi) is 12.2. The van der Waals surface area contributed by atoms with E-state index in [0.717, 1.165) is 24.2 Å². The van der Waals surface area contributed by atoms with Gasteiger partial charge in [-0.3, -0.25) is 4.79 Å². The highest BCUT2D eigenvalue weighted by molar-refractivity contribution is 7.11. The van der Waals surface area contributed by atoms with Crippen LogP contribution in [-0.2, 0) is 0 Å². The number of ketones is 1. The molecule has 0 aliphatic carbocycles. The zero-order valence-corrected chi connectivity index (χ0v) is 16.4. The number of hydrogen-bond donors (Lipinski definition) is 1. The second-order valence-corrected chi connectivity index (χ2v) is 7.62. The van der Waals surface area contributed by atoms with Crippen LogP contribution in [0.1, 0.15) is 117 Å². The first-order valence-corrected chi connectivity index (χ1v) is 10.7. The lowest BCUT2D eigenvalue weighted by Gasteiger charge is -2.02. The van der Waals surface area contributed by atoms with E-state index in [1.807, 2.05) is 0 Å². The SMILES string of the molecule is CCCCCCCCCCCCCCCC(=O)c1nc(C(=O)O)cs1. The van der Waals surface area contributed by atoms with Gasteiger partial charge in [-0.15, -0.1) is 11.3 Å². The summed E-state index contributed by atoms with van der Waals surface area (Å²) in [6, 6.07) is 0. The van der Waals surface area contributed by atoms with Gasteiger partial charge in [0.05, 0.1) is 0 Å². The fraction of sp³-hybridized carbons (Fsp3) is 0.750. The number of rotatable bonds is 16. The van der Waals surface area contributed by atoms with Gasteiger partial charge in [0, 0.05) is 11.8 Å². The van der Waals surface area contributed by atoms with Gasteiger partial charge in [-0.1, -0.05) is 84.0 Å². The summed E-state index contributed by atoms with van der Waals surface area (Å²) in [5.41, 5.74) is -0.0290. The minimum atomic E-state index is -1.07. The Morgan fingerprint density at radius 2 is 1.36 bits per heavy atom. The first kappa shape index (κ1) is 21.8. The third kappa shape index (κ3) is 10.4. The first-order chi connectivity index (χ1) is 12.1.